The van der Waals surface area contributed by atoms with Crippen molar-refractivity contribution in [3.63, 3.8) is 0 Å². The van der Waals surface area contributed by atoms with Gasteiger partial charge in [0.25, 0.3) is 0 Å². The van der Waals surface area contributed by atoms with Gasteiger partial charge >= 0.3 is 49.6 Å². The van der Waals surface area contributed by atoms with Gasteiger partial charge in [-0.2, -0.15) is 0 Å². The van der Waals surface area contributed by atoms with Crippen LogP contribution >= 0.6 is 110 Å². The zero-order valence-electron chi connectivity index (χ0n) is 5.28. The molecule has 0 nitrogen and oxygen atoms in total. The fourth-order valence-electron chi connectivity index (χ4n) is 0. The molecule has 0 heterocycles. The van der Waals surface area contributed by atoms with Gasteiger partial charge in [-0.1, -0.05) is 69.6 Å². The standard InChI is InChI=1S/C2Cl6.Cl4Ge/c3-1(4,5)2(6,7)8;1-5(2,3)4. The summed E-state index contributed by atoms with van der Waals surface area (Å²) in [4.78, 5) is 0. The van der Waals surface area contributed by atoms with Crippen LogP contribution in [0.15, 0.2) is 0 Å². The van der Waals surface area contributed by atoms with Gasteiger partial charge in [0.1, 0.15) is 0 Å². The first-order valence-electron chi connectivity index (χ1n) is 2.14. The zero-order valence-corrected chi connectivity index (χ0v) is 14.9. The predicted octanol–water partition coefficient (Wildman–Crippen LogP) is 6.10. The minimum absolute atomic E-state index is 1.85. The van der Waals surface area contributed by atoms with E-state index in [1.54, 1.807) is 0 Å². The van der Waals surface area contributed by atoms with E-state index in [1.165, 1.54) is 0 Å². The molecule has 82 valence electrons. The molecule has 0 aromatic carbocycles. The molecule has 0 rings (SSSR count). The maximum absolute atomic E-state index is 5.14. The van der Waals surface area contributed by atoms with Crippen molar-refractivity contribution in [2.45, 2.75) is 7.59 Å². The molecular formula is C2Cl10Ge. The molecule has 0 radical (unpaired) electrons. The first kappa shape index (κ1) is 18.8. The van der Waals surface area contributed by atoms with E-state index in [2.05, 4.69) is 0 Å². The summed E-state index contributed by atoms with van der Waals surface area (Å²) in [6.45, 7) is 0. The van der Waals surface area contributed by atoms with Gasteiger partial charge in [0.15, 0.2) is 0 Å². The van der Waals surface area contributed by atoms with Crippen LogP contribution in [0.25, 0.3) is 0 Å². The summed E-state index contributed by atoms with van der Waals surface area (Å²) in [6, 6.07) is 0. The molecule has 11 heteroatoms. The third-order valence-corrected chi connectivity index (χ3v) is 2.89. The fraction of sp³-hybridized carbons (Fsp3) is 1.00. The summed E-state index contributed by atoms with van der Waals surface area (Å²) in [7, 11) is 16.9. The van der Waals surface area contributed by atoms with Crippen molar-refractivity contribution < 1.29 is 0 Å². The molecule has 0 aromatic rings. The molecule has 0 spiro atoms. The Morgan fingerprint density at radius 1 is 0.538 bits per heavy atom. The van der Waals surface area contributed by atoms with Crippen molar-refractivity contribution in [3.8, 4) is 0 Å². The molecular weight excluding hydrogens is 451 g/mol. The van der Waals surface area contributed by atoms with Crippen LogP contribution < -0.4 is 0 Å². The van der Waals surface area contributed by atoms with E-state index in [0.717, 1.165) is 0 Å². The van der Waals surface area contributed by atoms with Gasteiger partial charge in [0.05, 0.1) is 0 Å². The summed E-state index contributed by atoms with van der Waals surface area (Å²) in [5.74, 6) is 0. The van der Waals surface area contributed by atoms with Crippen molar-refractivity contribution in [2.24, 2.45) is 0 Å². The van der Waals surface area contributed by atoms with Crippen LogP contribution in [-0.2, 0) is 0 Å². The maximum atomic E-state index is 5.14. The molecule has 0 saturated carbocycles. The third-order valence-electron chi connectivity index (χ3n) is 0.321. The Balaban J connectivity index is 0. The molecule has 0 aromatic heterocycles. The van der Waals surface area contributed by atoms with E-state index in [4.69, 9.17) is 110 Å². The van der Waals surface area contributed by atoms with Gasteiger partial charge in [-0.05, 0) is 0 Å². The molecule has 0 fully saturated rings. The first-order valence-corrected chi connectivity index (χ1v) is 15.4. The Bertz CT molecular complexity index is 116. The van der Waals surface area contributed by atoms with E-state index in [-0.39, 0.29) is 0 Å². The number of alkyl halides is 6. The topological polar surface area (TPSA) is 0 Å². The molecule has 0 atom stereocenters. The normalized spacial score (nSPS) is 13.4. The predicted molar refractivity (Wildman–Crippen MR) is 69.7 cm³/mol. The van der Waals surface area contributed by atoms with Gasteiger partial charge in [0, 0.05) is 0 Å². The van der Waals surface area contributed by atoms with E-state index < -0.39 is 17.1 Å². The van der Waals surface area contributed by atoms with Crippen LogP contribution in [0.2, 0.25) is 0 Å². The Morgan fingerprint density at radius 2 is 0.615 bits per heavy atom. The second kappa shape index (κ2) is 7.01. The Labute approximate surface area is 125 Å². The third kappa shape index (κ3) is 18.0. The molecule has 0 aliphatic rings. The number of hydrogen-bond donors (Lipinski definition) is 0. The van der Waals surface area contributed by atoms with Gasteiger partial charge < -0.3 is 0 Å². The SMILES string of the molecule is ClC(Cl)(Cl)C(Cl)(Cl)Cl.[Cl][Ge]([Cl])([Cl])[Cl]. The number of hydrogen-bond acceptors (Lipinski definition) is 0. The Morgan fingerprint density at radius 3 is 0.615 bits per heavy atom. The molecule has 0 bridgehead atoms. The summed E-state index contributed by atoms with van der Waals surface area (Å²) in [6.07, 6.45) is 0. The van der Waals surface area contributed by atoms with Crippen molar-refractivity contribution in [3.05, 3.63) is 0 Å². The monoisotopic (exact) mass is 448 g/mol. The molecule has 0 unspecified atom stereocenters. The molecule has 0 saturated heterocycles. The molecule has 0 N–H and O–H groups in total. The summed E-state index contributed by atoms with van der Waals surface area (Å²) in [5.41, 5.74) is 0. The molecule has 0 aliphatic carbocycles. The van der Waals surface area contributed by atoms with Gasteiger partial charge in [-0.15, -0.1) is 0 Å². The average Bonchev–Trinajstić information content (AvgIpc) is 1.50. The summed E-state index contributed by atoms with van der Waals surface area (Å²) in [5, 5.41) is 0. The average molecular weight is 451 g/mol. The van der Waals surface area contributed by atoms with Crippen LogP contribution in [0, 0.1) is 0 Å². The zero-order chi connectivity index (χ0) is 11.5. The van der Waals surface area contributed by atoms with Crippen LogP contribution in [-0.4, -0.2) is 17.1 Å². The van der Waals surface area contributed by atoms with Gasteiger partial charge in [0.2, 0.25) is 7.59 Å². The summed E-state index contributed by atoms with van der Waals surface area (Å²) >= 11 is 30.9. The van der Waals surface area contributed by atoms with Gasteiger partial charge in [-0.3, -0.25) is 0 Å². The first-order chi connectivity index (χ1) is 5.25. The van der Waals surface area contributed by atoms with Crippen LogP contribution in [0.4, 0.5) is 0 Å². The van der Waals surface area contributed by atoms with Crippen molar-refractivity contribution in [2.75, 3.05) is 0 Å². The van der Waals surface area contributed by atoms with Crippen molar-refractivity contribution >= 4 is 119 Å². The van der Waals surface area contributed by atoms with E-state index in [1.807, 2.05) is 0 Å². The number of halogens is 10. The molecule has 0 amide bonds. The van der Waals surface area contributed by atoms with Crippen LogP contribution in [0.5, 0.6) is 0 Å². The second-order valence-electron chi connectivity index (χ2n) is 1.42. The van der Waals surface area contributed by atoms with E-state index in [9.17, 15) is 0 Å². The Hall–Kier alpha value is 3.44. The molecule has 0 aliphatic heterocycles. The quantitative estimate of drug-likeness (QED) is 0.308. The van der Waals surface area contributed by atoms with E-state index >= 15 is 0 Å². The van der Waals surface area contributed by atoms with Gasteiger partial charge in [-0.25, -0.2) is 0 Å². The minimum atomic E-state index is -3.11. The second-order valence-corrected chi connectivity index (χ2v) is 25.6. The van der Waals surface area contributed by atoms with E-state index in [0.29, 0.717) is 0 Å². The van der Waals surface area contributed by atoms with Crippen molar-refractivity contribution in [1.82, 2.24) is 0 Å². The van der Waals surface area contributed by atoms with Crippen molar-refractivity contribution in [1.29, 1.82) is 0 Å². The van der Waals surface area contributed by atoms with Crippen LogP contribution in [0.3, 0.4) is 0 Å². The summed E-state index contributed by atoms with van der Waals surface area (Å²) < 4.78 is -3.70. The molecule has 13 heavy (non-hydrogen) atoms. The van der Waals surface area contributed by atoms with Crippen LogP contribution in [0.1, 0.15) is 0 Å². The number of rotatable bonds is 0. The fourth-order valence-corrected chi connectivity index (χ4v) is 0. The Kier molecular flexibility index (Phi) is 10.1.